The van der Waals surface area contributed by atoms with Gasteiger partial charge in [0.15, 0.2) is 0 Å². The van der Waals surface area contributed by atoms with Crippen LogP contribution >= 0.6 is 0 Å². The number of hydrogen-bond donors (Lipinski definition) is 0. The van der Waals surface area contributed by atoms with E-state index in [2.05, 4.69) is 13.8 Å². The first-order valence-corrected chi connectivity index (χ1v) is 7.52. The second-order valence-electron chi connectivity index (χ2n) is 4.92. The molecule has 0 aliphatic heterocycles. The standard InChI is InChI=1S/C11H22O2S/c1-10(2)6-8-14(12,13)9-7-11-4-3-5-11/h10-11H,3-9H2,1-2H3. The summed E-state index contributed by atoms with van der Waals surface area (Å²) < 4.78 is 23.2. The number of hydrogen-bond acceptors (Lipinski definition) is 2. The van der Waals surface area contributed by atoms with Crippen LogP contribution in [-0.2, 0) is 9.84 Å². The second kappa shape index (κ2) is 5.15. The summed E-state index contributed by atoms with van der Waals surface area (Å²) in [6.07, 6.45) is 5.52. The fourth-order valence-electron chi connectivity index (χ4n) is 1.65. The van der Waals surface area contributed by atoms with Crippen LogP contribution < -0.4 is 0 Å². The molecule has 14 heavy (non-hydrogen) atoms. The molecule has 3 heteroatoms. The van der Waals surface area contributed by atoms with Crippen LogP contribution in [0.2, 0.25) is 0 Å². The molecule has 0 aromatic rings. The molecular formula is C11H22O2S. The van der Waals surface area contributed by atoms with Gasteiger partial charge in [0.2, 0.25) is 0 Å². The third-order valence-electron chi connectivity index (χ3n) is 3.07. The summed E-state index contributed by atoms with van der Waals surface area (Å²) in [4.78, 5) is 0. The van der Waals surface area contributed by atoms with Crippen molar-refractivity contribution in [3.8, 4) is 0 Å². The molecule has 1 fully saturated rings. The maximum Gasteiger partial charge on any atom is 0.150 e. The van der Waals surface area contributed by atoms with Gasteiger partial charge in [-0.2, -0.15) is 0 Å². The molecule has 0 aromatic heterocycles. The molecule has 0 radical (unpaired) electrons. The van der Waals surface area contributed by atoms with E-state index in [1.165, 1.54) is 19.3 Å². The summed E-state index contributed by atoms with van der Waals surface area (Å²) in [5.41, 5.74) is 0. The zero-order chi connectivity index (χ0) is 10.6. The summed E-state index contributed by atoms with van der Waals surface area (Å²) in [5, 5.41) is 0. The Morgan fingerprint density at radius 1 is 1.21 bits per heavy atom. The van der Waals surface area contributed by atoms with Crippen LogP contribution in [0.4, 0.5) is 0 Å². The van der Waals surface area contributed by atoms with Crippen LogP contribution in [0.5, 0.6) is 0 Å². The summed E-state index contributed by atoms with van der Waals surface area (Å²) >= 11 is 0. The molecule has 0 unspecified atom stereocenters. The van der Waals surface area contributed by atoms with Gasteiger partial charge < -0.3 is 0 Å². The van der Waals surface area contributed by atoms with Crippen LogP contribution in [0, 0.1) is 11.8 Å². The van der Waals surface area contributed by atoms with Gasteiger partial charge in [-0.05, 0) is 24.7 Å². The highest BCUT2D eigenvalue weighted by Gasteiger charge is 2.20. The molecule has 0 N–H and O–H groups in total. The minimum Gasteiger partial charge on any atom is -0.229 e. The van der Waals surface area contributed by atoms with Gasteiger partial charge in [-0.15, -0.1) is 0 Å². The Balaban J connectivity index is 2.19. The van der Waals surface area contributed by atoms with Crippen molar-refractivity contribution < 1.29 is 8.42 Å². The van der Waals surface area contributed by atoms with Gasteiger partial charge in [-0.25, -0.2) is 8.42 Å². The van der Waals surface area contributed by atoms with Crippen molar-refractivity contribution in [3.63, 3.8) is 0 Å². The molecule has 0 saturated heterocycles. The van der Waals surface area contributed by atoms with E-state index in [-0.39, 0.29) is 0 Å². The van der Waals surface area contributed by atoms with E-state index in [4.69, 9.17) is 0 Å². The van der Waals surface area contributed by atoms with Gasteiger partial charge in [0, 0.05) is 0 Å². The molecule has 0 bridgehead atoms. The molecular weight excluding hydrogens is 196 g/mol. The van der Waals surface area contributed by atoms with Crippen molar-refractivity contribution in [2.75, 3.05) is 11.5 Å². The molecule has 2 nitrogen and oxygen atoms in total. The molecule has 0 spiro atoms. The van der Waals surface area contributed by atoms with Gasteiger partial charge in [0.25, 0.3) is 0 Å². The third kappa shape index (κ3) is 4.45. The number of sulfone groups is 1. The zero-order valence-electron chi connectivity index (χ0n) is 9.33. The van der Waals surface area contributed by atoms with Gasteiger partial charge in [0.05, 0.1) is 11.5 Å². The van der Waals surface area contributed by atoms with Gasteiger partial charge >= 0.3 is 0 Å². The normalized spacial score (nSPS) is 18.5. The Kier molecular flexibility index (Phi) is 4.42. The Bertz CT molecular complexity index is 250. The van der Waals surface area contributed by atoms with Gasteiger partial charge in [0.1, 0.15) is 9.84 Å². The molecule has 1 saturated carbocycles. The molecule has 1 aliphatic rings. The highest BCUT2D eigenvalue weighted by molar-refractivity contribution is 7.91. The quantitative estimate of drug-likeness (QED) is 0.687. The molecule has 0 atom stereocenters. The lowest BCUT2D eigenvalue weighted by Crippen LogP contribution is -2.19. The van der Waals surface area contributed by atoms with Crippen molar-refractivity contribution >= 4 is 9.84 Å². The average Bonchev–Trinajstić information content (AvgIpc) is 1.98. The lowest BCUT2D eigenvalue weighted by Gasteiger charge is -2.24. The van der Waals surface area contributed by atoms with E-state index in [0.29, 0.717) is 23.3 Å². The van der Waals surface area contributed by atoms with E-state index in [0.717, 1.165) is 12.8 Å². The Hall–Kier alpha value is -0.0500. The summed E-state index contributed by atoms with van der Waals surface area (Å²) in [6.45, 7) is 4.14. The fraction of sp³-hybridized carbons (Fsp3) is 1.00. The van der Waals surface area contributed by atoms with Crippen molar-refractivity contribution in [1.29, 1.82) is 0 Å². The van der Waals surface area contributed by atoms with Gasteiger partial charge in [-0.3, -0.25) is 0 Å². The first-order valence-electron chi connectivity index (χ1n) is 5.70. The van der Waals surface area contributed by atoms with Crippen LogP contribution in [0.1, 0.15) is 46.0 Å². The average molecular weight is 218 g/mol. The lowest BCUT2D eigenvalue weighted by molar-refractivity contribution is 0.307. The fourth-order valence-corrected chi connectivity index (χ4v) is 3.37. The summed E-state index contributed by atoms with van der Waals surface area (Å²) in [7, 11) is -2.75. The SMILES string of the molecule is CC(C)CCS(=O)(=O)CCC1CCC1. The molecule has 1 aliphatic carbocycles. The van der Waals surface area contributed by atoms with Crippen molar-refractivity contribution in [2.45, 2.75) is 46.0 Å². The van der Waals surface area contributed by atoms with Crippen LogP contribution in [-0.4, -0.2) is 19.9 Å². The maximum absolute atomic E-state index is 11.6. The van der Waals surface area contributed by atoms with Crippen molar-refractivity contribution in [3.05, 3.63) is 0 Å². The summed E-state index contributed by atoms with van der Waals surface area (Å²) in [6, 6.07) is 0. The molecule has 0 heterocycles. The van der Waals surface area contributed by atoms with Crippen LogP contribution in [0.25, 0.3) is 0 Å². The highest BCUT2D eigenvalue weighted by atomic mass is 32.2. The predicted molar refractivity (Wildman–Crippen MR) is 60.1 cm³/mol. The smallest absolute Gasteiger partial charge is 0.150 e. The van der Waals surface area contributed by atoms with Crippen molar-refractivity contribution in [1.82, 2.24) is 0 Å². The molecule has 84 valence electrons. The van der Waals surface area contributed by atoms with E-state index in [1.54, 1.807) is 0 Å². The second-order valence-corrected chi connectivity index (χ2v) is 7.22. The largest absolute Gasteiger partial charge is 0.229 e. The number of rotatable bonds is 6. The van der Waals surface area contributed by atoms with E-state index in [9.17, 15) is 8.42 Å². The van der Waals surface area contributed by atoms with E-state index >= 15 is 0 Å². The van der Waals surface area contributed by atoms with E-state index in [1.807, 2.05) is 0 Å². The lowest BCUT2D eigenvalue weighted by atomic mass is 9.84. The predicted octanol–water partition coefficient (Wildman–Crippen LogP) is 2.64. The topological polar surface area (TPSA) is 34.1 Å². The van der Waals surface area contributed by atoms with Crippen LogP contribution in [0.15, 0.2) is 0 Å². The minimum atomic E-state index is -2.75. The Morgan fingerprint density at radius 2 is 1.86 bits per heavy atom. The van der Waals surface area contributed by atoms with Crippen LogP contribution in [0.3, 0.4) is 0 Å². The molecule has 1 rings (SSSR count). The maximum atomic E-state index is 11.6. The monoisotopic (exact) mass is 218 g/mol. The Morgan fingerprint density at radius 3 is 2.29 bits per heavy atom. The Labute approximate surface area is 88.0 Å². The first kappa shape index (κ1) is 12.0. The molecule has 0 amide bonds. The minimum absolute atomic E-state index is 0.386. The summed E-state index contributed by atoms with van der Waals surface area (Å²) in [5.74, 6) is 2.01. The molecule has 0 aromatic carbocycles. The van der Waals surface area contributed by atoms with Crippen molar-refractivity contribution in [2.24, 2.45) is 11.8 Å². The highest BCUT2D eigenvalue weighted by Crippen LogP contribution is 2.29. The van der Waals surface area contributed by atoms with Gasteiger partial charge in [-0.1, -0.05) is 33.1 Å². The zero-order valence-corrected chi connectivity index (χ0v) is 10.1. The third-order valence-corrected chi connectivity index (χ3v) is 4.78. The van der Waals surface area contributed by atoms with E-state index < -0.39 is 9.84 Å². The first-order chi connectivity index (χ1) is 6.49.